The van der Waals surface area contributed by atoms with Gasteiger partial charge in [0.1, 0.15) is 6.10 Å². The summed E-state index contributed by atoms with van der Waals surface area (Å²) in [4.78, 5) is 25.1. The smallest absolute Gasteiger partial charge is 0.308 e. The molecule has 170 valence electrons. The molecule has 7 nitrogen and oxygen atoms in total. The molecule has 8 atom stereocenters. The lowest BCUT2D eigenvalue weighted by Crippen LogP contribution is -2.37. The predicted molar refractivity (Wildman–Crippen MR) is 111 cm³/mol. The molecule has 0 amide bonds. The maximum atomic E-state index is 12.6. The summed E-state index contributed by atoms with van der Waals surface area (Å²) in [5, 5.41) is 30.4. The summed E-state index contributed by atoms with van der Waals surface area (Å²) < 4.78 is 11.2. The number of carbonyl (C=O) groups excluding carboxylic acids is 2. The minimum absolute atomic E-state index is 0.0257. The molecule has 30 heavy (non-hydrogen) atoms. The number of hydrogen-bond acceptors (Lipinski definition) is 7. The van der Waals surface area contributed by atoms with Crippen LogP contribution in [-0.2, 0) is 19.1 Å². The average molecular weight is 425 g/mol. The third kappa shape index (κ3) is 6.48. The molecule has 0 bridgehead atoms. The monoisotopic (exact) mass is 424 g/mol. The first-order chi connectivity index (χ1) is 14.2. The fourth-order valence-corrected chi connectivity index (χ4v) is 4.41. The van der Waals surface area contributed by atoms with Crippen LogP contribution in [0.1, 0.15) is 53.4 Å². The Morgan fingerprint density at radius 2 is 1.83 bits per heavy atom. The molecular formula is C23H36O7. The van der Waals surface area contributed by atoms with Crippen molar-refractivity contribution in [2.24, 2.45) is 23.7 Å². The molecule has 0 unspecified atom stereocenters. The standard InChI is InChI=1S/C23H36O7/c1-5-20-17(12-24)8-13(2)6-7-18(25)14(3)9-16-10-21(27)30-23(16)15(4)19(26)11-22(28)29-20/h6-8,14-17,19-21,23-24,26-27H,5,9-12H2,1-4H3/b7-6+,13-8+/t14-,15+,16-,17-,19-,20-,21-,23-/m1/s1. The van der Waals surface area contributed by atoms with Gasteiger partial charge >= 0.3 is 5.97 Å². The van der Waals surface area contributed by atoms with Crippen LogP contribution in [0.2, 0.25) is 0 Å². The van der Waals surface area contributed by atoms with Crippen LogP contribution in [0.15, 0.2) is 23.8 Å². The molecule has 1 saturated heterocycles. The van der Waals surface area contributed by atoms with E-state index in [1.165, 1.54) is 6.08 Å². The van der Waals surface area contributed by atoms with Crippen molar-refractivity contribution in [3.8, 4) is 0 Å². The van der Waals surface area contributed by atoms with Crippen LogP contribution in [0.25, 0.3) is 0 Å². The van der Waals surface area contributed by atoms with Crippen molar-refractivity contribution in [2.45, 2.75) is 78.0 Å². The molecule has 0 aromatic rings. The van der Waals surface area contributed by atoms with Crippen LogP contribution in [0.3, 0.4) is 0 Å². The third-order valence-electron chi connectivity index (χ3n) is 6.29. The number of ether oxygens (including phenoxy) is 2. The Morgan fingerprint density at radius 3 is 2.47 bits per heavy atom. The number of aliphatic hydroxyl groups excluding tert-OH is 3. The Balaban J connectivity index is 2.33. The van der Waals surface area contributed by atoms with Gasteiger partial charge in [-0.3, -0.25) is 9.59 Å². The van der Waals surface area contributed by atoms with Gasteiger partial charge in [-0.2, -0.15) is 0 Å². The van der Waals surface area contributed by atoms with Gasteiger partial charge in [0.25, 0.3) is 0 Å². The summed E-state index contributed by atoms with van der Waals surface area (Å²) in [6, 6.07) is 0. The quantitative estimate of drug-likeness (QED) is 0.582. The van der Waals surface area contributed by atoms with Gasteiger partial charge in [-0.25, -0.2) is 0 Å². The van der Waals surface area contributed by atoms with E-state index in [1.807, 2.05) is 20.8 Å². The zero-order chi connectivity index (χ0) is 22.4. The molecule has 0 aliphatic carbocycles. The van der Waals surface area contributed by atoms with Crippen LogP contribution >= 0.6 is 0 Å². The molecule has 2 aliphatic rings. The molecule has 7 heteroatoms. The van der Waals surface area contributed by atoms with Gasteiger partial charge in [0.2, 0.25) is 0 Å². The highest BCUT2D eigenvalue weighted by Crippen LogP contribution is 2.37. The molecule has 2 aliphatic heterocycles. The summed E-state index contributed by atoms with van der Waals surface area (Å²) >= 11 is 0. The van der Waals surface area contributed by atoms with Gasteiger partial charge in [0.15, 0.2) is 12.1 Å². The van der Waals surface area contributed by atoms with E-state index in [1.54, 1.807) is 19.1 Å². The fraction of sp³-hybridized carbons (Fsp3) is 0.739. The van der Waals surface area contributed by atoms with Gasteiger partial charge in [-0.1, -0.05) is 38.5 Å². The van der Waals surface area contributed by atoms with E-state index in [0.29, 0.717) is 19.3 Å². The lowest BCUT2D eigenvalue weighted by atomic mass is 9.81. The largest absolute Gasteiger partial charge is 0.462 e. The zero-order valence-electron chi connectivity index (χ0n) is 18.4. The average Bonchev–Trinajstić information content (AvgIpc) is 3.06. The maximum Gasteiger partial charge on any atom is 0.308 e. The van der Waals surface area contributed by atoms with Gasteiger partial charge in [0.05, 0.1) is 25.2 Å². The lowest BCUT2D eigenvalue weighted by Gasteiger charge is -2.30. The minimum atomic E-state index is -1.00. The van der Waals surface area contributed by atoms with Crippen LogP contribution < -0.4 is 0 Å². The Kier molecular flexibility index (Phi) is 9.22. The normalized spacial score (nSPS) is 42.2. The van der Waals surface area contributed by atoms with Crippen molar-refractivity contribution in [3.05, 3.63) is 23.8 Å². The van der Waals surface area contributed by atoms with E-state index in [-0.39, 0.29) is 30.6 Å². The topological polar surface area (TPSA) is 113 Å². The van der Waals surface area contributed by atoms with E-state index in [0.717, 1.165) is 5.57 Å². The first kappa shape index (κ1) is 24.7. The SMILES string of the molecule is CC[C@H]1OC(=O)C[C@@H](O)[C@H](C)[C@H]2O[C@@H](O)C[C@H]2C[C@@H](C)C(=O)/C=C/C(C)=C/[C@@H]1CO. The van der Waals surface area contributed by atoms with Gasteiger partial charge in [0, 0.05) is 24.2 Å². The van der Waals surface area contributed by atoms with Crippen LogP contribution in [-0.4, -0.2) is 58.3 Å². The third-order valence-corrected chi connectivity index (χ3v) is 6.29. The summed E-state index contributed by atoms with van der Waals surface area (Å²) in [7, 11) is 0. The van der Waals surface area contributed by atoms with Gasteiger partial charge in [-0.15, -0.1) is 0 Å². The Labute approximate surface area is 178 Å². The number of rotatable bonds is 2. The second kappa shape index (κ2) is 11.2. The lowest BCUT2D eigenvalue weighted by molar-refractivity contribution is -0.157. The van der Waals surface area contributed by atoms with Gasteiger partial charge < -0.3 is 24.8 Å². The number of cyclic esters (lactones) is 1. The second-order valence-electron chi connectivity index (χ2n) is 8.75. The molecule has 2 heterocycles. The van der Waals surface area contributed by atoms with Crippen molar-refractivity contribution in [1.29, 1.82) is 0 Å². The molecule has 0 aromatic carbocycles. The predicted octanol–water partition coefficient (Wildman–Crippen LogP) is 2.14. The van der Waals surface area contributed by atoms with Gasteiger partial charge in [-0.05, 0) is 31.8 Å². The highest BCUT2D eigenvalue weighted by atomic mass is 16.6. The number of hydrogen-bond donors (Lipinski definition) is 3. The number of ketones is 1. The summed E-state index contributed by atoms with van der Waals surface area (Å²) in [5.74, 6) is -1.75. The van der Waals surface area contributed by atoms with E-state index in [2.05, 4.69) is 0 Å². The molecule has 3 N–H and O–H groups in total. The van der Waals surface area contributed by atoms with E-state index in [4.69, 9.17) is 9.47 Å². The molecule has 1 fully saturated rings. The highest BCUT2D eigenvalue weighted by Gasteiger charge is 2.41. The zero-order valence-corrected chi connectivity index (χ0v) is 18.4. The van der Waals surface area contributed by atoms with E-state index >= 15 is 0 Å². The van der Waals surface area contributed by atoms with Crippen molar-refractivity contribution in [1.82, 2.24) is 0 Å². The number of allylic oxidation sites excluding steroid dienone is 3. The number of fused-ring (bicyclic) bond motifs is 1. The van der Waals surface area contributed by atoms with Crippen molar-refractivity contribution in [2.75, 3.05) is 6.61 Å². The second-order valence-corrected chi connectivity index (χ2v) is 8.75. The summed E-state index contributed by atoms with van der Waals surface area (Å²) in [6.45, 7) is 7.12. The molecular weight excluding hydrogens is 388 g/mol. The molecule has 2 rings (SSSR count). The first-order valence-electron chi connectivity index (χ1n) is 10.9. The molecule has 0 aromatic heterocycles. The molecule has 0 saturated carbocycles. The van der Waals surface area contributed by atoms with Crippen LogP contribution in [0, 0.1) is 23.7 Å². The molecule has 0 radical (unpaired) electrons. The minimum Gasteiger partial charge on any atom is -0.462 e. The Hall–Kier alpha value is -1.54. The first-order valence-corrected chi connectivity index (χ1v) is 10.9. The Bertz CT molecular complexity index is 656. The molecule has 0 spiro atoms. The van der Waals surface area contributed by atoms with E-state index < -0.39 is 42.4 Å². The number of esters is 1. The summed E-state index contributed by atoms with van der Waals surface area (Å²) in [6.07, 6.45) is 3.33. The van der Waals surface area contributed by atoms with Crippen molar-refractivity contribution in [3.63, 3.8) is 0 Å². The fourth-order valence-electron chi connectivity index (χ4n) is 4.41. The highest BCUT2D eigenvalue weighted by molar-refractivity contribution is 5.91. The van der Waals surface area contributed by atoms with Crippen LogP contribution in [0.5, 0.6) is 0 Å². The van der Waals surface area contributed by atoms with Crippen molar-refractivity contribution < 1.29 is 34.4 Å². The van der Waals surface area contributed by atoms with Crippen LogP contribution in [0.4, 0.5) is 0 Å². The number of carbonyl (C=O) groups is 2. The van der Waals surface area contributed by atoms with E-state index in [9.17, 15) is 24.9 Å². The Morgan fingerprint density at radius 1 is 1.13 bits per heavy atom. The number of aliphatic hydroxyl groups is 3. The maximum absolute atomic E-state index is 12.6. The van der Waals surface area contributed by atoms with Crippen molar-refractivity contribution >= 4 is 11.8 Å². The summed E-state index contributed by atoms with van der Waals surface area (Å²) in [5.41, 5.74) is 0.794.